The lowest BCUT2D eigenvalue weighted by Gasteiger charge is -2.33. The summed E-state index contributed by atoms with van der Waals surface area (Å²) < 4.78 is 44.8. The molecule has 0 fully saturated rings. The molecule has 18 nitrogen and oxygen atoms in total. The average Bonchev–Trinajstić information content (AvgIpc) is 3.58. The number of esters is 4. The first-order valence-electron chi connectivity index (χ1n) is 28.4. The fourth-order valence-corrected chi connectivity index (χ4v) is 9.10. The minimum absolute atomic E-state index is 0.119. The molecule has 0 aliphatic rings. The molecular weight excluding hydrogens is 1040 g/mol. The summed E-state index contributed by atoms with van der Waals surface area (Å²) in [4.78, 5) is 79.0. The quantitative estimate of drug-likeness (QED) is 0.00764. The summed E-state index contributed by atoms with van der Waals surface area (Å²) in [5, 5.41) is 26.5. The van der Waals surface area contributed by atoms with Gasteiger partial charge in [0, 0.05) is 33.1 Å². The summed E-state index contributed by atoms with van der Waals surface area (Å²) in [6.45, 7) is 5.33. The van der Waals surface area contributed by atoms with E-state index in [4.69, 9.17) is 37.9 Å². The molecule has 4 rings (SSSR count). The largest absolute Gasteiger partial charge is 0.493 e. The number of hydrogen-bond donors (Lipinski definition) is 0. The summed E-state index contributed by atoms with van der Waals surface area (Å²) in [5.41, 5.74) is -1.82. The summed E-state index contributed by atoms with van der Waals surface area (Å²) >= 11 is 0. The van der Waals surface area contributed by atoms with Crippen LogP contribution < -0.4 is 18.9 Å². The highest BCUT2D eigenvalue weighted by Crippen LogP contribution is 2.50. The second-order valence-electron chi connectivity index (χ2n) is 19.5. The van der Waals surface area contributed by atoms with Crippen LogP contribution in [0.2, 0.25) is 0 Å². The van der Waals surface area contributed by atoms with Gasteiger partial charge in [-0.1, -0.05) is 164 Å². The fraction of sp³-hybridized carbons (Fsp3) is 0.492. The Bertz CT molecular complexity index is 2410. The molecule has 0 spiro atoms. The standard InChI is InChI=1S/C63H82N2O16/c1-5-7-23-41-76-53-37-33-49(47-55(53)74-3)35-39-57(66)78-43-25-13-9-11-15-27-45-80-61(68)63(59(64(70)71)51-29-19-17-20-30-51,60(65(72)73)52-31-21-18-22-32-52)62(69)81-46-28-16-12-10-14-26-44-79-58(67)40-36-50-34-38-54(56(48-50)75-4)77-42-24-8-6-2/h17-22,29-40,47-48,59-60H,5-16,23-28,41-46H2,1-4H3/b39-35+,40-36+. The maximum absolute atomic E-state index is 14.7. The Hall–Kier alpha value is -7.76. The molecule has 0 radical (unpaired) electrons. The molecule has 4 aromatic rings. The van der Waals surface area contributed by atoms with Crippen molar-refractivity contribution in [3.05, 3.63) is 152 Å². The molecule has 0 amide bonds. The predicted molar refractivity (Wildman–Crippen MR) is 308 cm³/mol. The Morgan fingerprint density at radius 1 is 0.444 bits per heavy atom. The van der Waals surface area contributed by atoms with Crippen LogP contribution in [0.5, 0.6) is 23.0 Å². The highest BCUT2D eigenvalue weighted by Gasteiger charge is 2.72. The summed E-state index contributed by atoms with van der Waals surface area (Å²) in [5.74, 6) is -1.41. The number of nitro groups is 2. The summed E-state index contributed by atoms with van der Waals surface area (Å²) in [7, 11) is 3.13. The molecule has 0 bridgehead atoms. The molecule has 0 saturated heterocycles. The molecule has 0 N–H and O–H groups in total. The van der Waals surface area contributed by atoms with Crippen molar-refractivity contribution in [1.29, 1.82) is 0 Å². The highest BCUT2D eigenvalue weighted by atomic mass is 16.6. The van der Waals surface area contributed by atoms with Crippen molar-refractivity contribution >= 4 is 36.0 Å². The number of ether oxygens (including phenoxy) is 8. The third-order valence-electron chi connectivity index (χ3n) is 13.4. The normalized spacial score (nSPS) is 12.1. The number of carbonyl (C=O) groups excluding carboxylic acids is 4. The first kappa shape index (κ1) is 65.8. The Kier molecular flexibility index (Phi) is 30.8. The number of benzene rings is 4. The predicted octanol–water partition coefficient (Wildman–Crippen LogP) is 13.4. The monoisotopic (exact) mass is 1120 g/mol. The first-order chi connectivity index (χ1) is 39.4. The van der Waals surface area contributed by atoms with Crippen molar-refractivity contribution in [2.45, 2.75) is 142 Å². The van der Waals surface area contributed by atoms with Crippen molar-refractivity contribution in [2.75, 3.05) is 53.9 Å². The van der Waals surface area contributed by atoms with Gasteiger partial charge in [-0.15, -0.1) is 0 Å². The second kappa shape index (κ2) is 38.0. The number of carbonyl (C=O) groups is 4. The van der Waals surface area contributed by atoms with Gasteiger partial charge in [0.1, 0.15) is 0 Å². The van der Waals surface area contributed by atoms with Crippen molar-refractivity contribution in [2.24, 2.45) is 5.41 Å². The van der Waals surface area contributed by atoms with E-state index in [-0.39, 0.29) is 37.6 Å². The molecule has 0 aliphatic heterocycles. The first-order valence-corrected chi connectivity index (χ1v) is 28.4. The van der Waals surface area contributed by atoms with E-state index in [0.717, 1.165) is 75.3 Å². The molecule has 81 heavy (non-hydrogen) atoms. The lowest BCUT2D eigenvalue weighted by atomic mass is 9.69. The Morgan fingerprint density at radius 3 is 1.11 bits per heavy atom. The van der Waals surface area contributed by atoms with E-state index in [1.165, 1.54) is 60.7 Å². The molecule has 4 aromatic carbocycles. The van der Waals surface area contributed by atoms with E-state index in [0.29, 0.717) is 87.6 Å². The van der Waals surface area contributed by atoms with Crippen molar-refractivity contribution in [3.8, 4) is 23.0 Å². The second-order valence-corrected chi connectivity index (χ2v) is 19.5. The molecule has 2 atom stereocenters. The van der Waals surface area contributed by atoms with Gasteiger partial charge >= 0.3 is 29.3 Å². The van der Waals surface area contributed by atoms with Crippen molar-refractivity contribution in [3.63, 3.8) is 0 Å². The van der Waals surface area contributed by atoms with Gasteiger partial charge < -0.3 is 37.9 Å². The molecule has 440 valence electrons. The van der Waals surface area contributed by atoms with Gasteiger partial charge in [0.25, 0.3) is 12.1 Å². The van der Waals surface area contributed by atoms with Crippen LogP contribution in [0.4, 0.5) is 0 Å². The smallest absolute Gasteiger partial charge is 0.338 e. The topological polar surface area (TPSA) is 228 Å². The van der Waals surface area contributed by atoms with Crippen molar-refractivity contribution < 1.29 is 66.9 Å². The Morgan fingerprint density at radius 2 is 0.778 bits per heavy atom. The third kappa shape index (κ3) is 22.4. The lowest BCUT2D eigenvalue weighted by molar-refractivity contribution is -0.591. The Labute approximate surface area is 476 Å². The van der Waals surface area contributed by atoms with Gasteiger partial charge in [-0.05, 0) is 86.1 Å². The molecule has 0 aliphatic carbocycles. The fourth-order valence-electron chi connectivity index (χ4n) is 9.10. The zero-order valence-electron chi connectivity index (χ0n) is 47.6. The molecular formula is C63H82N2O16. The number of unbranched alkanes of at least 4 members (excludes halogenated alkanes) is 14. The maximum Gasteiger partial charge on any atom is 0.338 e. The molecule has 0 saturated carbocycles. The summed E-state index contributed by atoms with van der Waals surface area (Å²) in [6, 6.07) is 20.8. The molecule has 2 unspecified atom stereocenters. The van der Waals surface area contributed by atoms with Gasteiger partial charge in [-0.25, -0.2) is 9.59 Å². The number of nitrogens with zero attached hydrogens (tertiary/aromatic N) is 2. The van der Waals surface area contributed by atoms with Gasteiger partial charge in [0.2, 0.25) is 0 Å². The number of rotatable bonds is 42. The van der Waals surface area contributed by atoms with Crippen molar-refractivity contribution in [1.82, 2.24) is 0 Å². The van der Waals surface area contributed by atoms with Gasteiger partial charge in [0.15, 0.2) is 23.0 Å². The SMILES string of the molecule is CCCCCOc1ccc(/C=C/C(=O)OCCCCCCCCOC(=O)C(C(=O)OCCCCCCCCOC(=O)/C=C/c2ccc(OCCCCC)c(OC)c2)(C(c2ccccc2)[N+](=O)[O-])C(c2ccccc2)[N+](=O)[O-])cc1OC. The van der Waals surface area contributed by atoms with Crippen LogP contribution in [-0.2, 0) is 38.1 Å². The molecule has 18 heteroatoms. The Balaban J connectivity index is 1.28. The van der Waals surface area contributed by atoms with Crippen LogP contribution in [0.3, 0.4) is 0 Å². The number of methoxy groups -OCH3 is 2. The van der Waals surface area contributed by atoms with Gasteiger partial charge in [-0.2, -0.15) is 0 Å². The maximum atomic E-state index is 14.7. The van der Waals surface area contributed by atoms with E-state index in [1.54, 1.807) is 50.6 Å². The average molecular weight is 1120 g/mol. The minimum Gasteiger partial charge on any atom is -0.493 e. The van der Waals surface area contributed by atoms with E-state index >= 15 is 0 Å². The van der Waals surface area contributed by atoms with E-state index in [9.17, 15) is 39.4 Å². The van der Waals surface area contributed by atoms with E-state index in [2.05, 4.69) is 13.8 Å². The highest BCUT2D eigenvalue weighted by molar-refractivity contribution is 6.02. The third-order valence-corrected chi connectivity index (χ3v) is 13.4. The van der Waals surface area contributed by atoms with Gasteiger partial charge in [-0.3, -0.25) is 29.8 Å². The minimum atomic E-state index is -3.09. The van der Waals surface area contributed by atoms with Crippen LogP contribution >= 0.6 is 0 Å². The zero-order valence-corrected chi connectivity index (χ0v) is 47.6. The van der Waals surface area contributed by atoms with Crippen LogP contribution in [-0.4, -0.2) is 87.6 Å². The van der Waals surface area contributed by atoms with E-state index in [1.807, 2.05) is 24.3 Å². The zero-order chi connectivity index (χ0) is 58.5. The number of hydrogen-bond acceptors (Lipinski definition) is 16. The van der Waals surface area contributed by atoms with Crippen LogP contribution in [0.15, 0.2) is 109 Å². The van der Waals surface area contributed by atoms with E-state index < -0.39 is 51.2 Å². The van der Waals surface area contributed by atoms with Gasteiger partial charge in [0.05, 0.1) is 53.9 Å². The lowest BCUT2D eigenvalue weighted by Crippen LogP contribution is -2.55. The molecule has 0 heterocycles. The van der Waals surface area contributed by atoms with Crippen LogP contribution in [0, 0.1) is 25.6 Å². The van der Waals surface area contributed by atoms with Crippen LogP contribution in [0.1, 0.15) is 164 Å². The summed E-state index contributed by atoms with van der Waals surface area (Å²) in [6.07, 6.45) is 19.6. The van der Waals surface area contributed by atoms with Crippen LogP contribution in [0.25, 0.3) is 12.2 Å². The molecule has 0 aromatic heterocycles.